The fraction of sp³-hybridized carbons (Fsp3) is 0.154. The van der Waals surface area contributed by atoms with E-state index in [2.05, 4.69) is 9.97 Å². The molecule has 0 radical (unpaired) electrons. The molecule has 4 nitrogen and oxygen atoms in total. The first kappa shape index (κ1) is 11.1. The van der Waals surface area contributed by atoms with E-state index in [1.54, 1.807) is 19.3 Å². The summed E-state index contributed by atoms with van der Waals surface area (Å²) in [4.78, 5) is 21.9. The van der Waals surface area contributed by atoms with Crippen LogP contribution in [0.15, 0.2) is 33.7 Å². The number of pyridine rings is 1. The molecule has 3 rings (SSSR count). The predicted octanol–water partition coefficient (Wildman–Crippen LogP) is 2.93. The highest BCUT2D eigenvalue weighted by atomic mass is 32.1. The fourth-order valence-electron chi connectivity index (χ4n) is 1.95. The normalized spacial score (nSPS) is 11.0. The van der Waals surface area contributed by atoms with E-state index in [1.807, 2.05) is 19.1 Å². The van der Waals surface area contributed by atoms with E-state index in [0.717, 1.165) is 20.8 Å². The Morgan fingerprint density at radius 3 is 2.67 bits per heavy atom. The molecule has 3 heterocycles. The van der Waals surface area contributed by atoms with Crippen LogP contribution in [0.1, 0.15) is 11.5 Å². The van der Waals surface area contributed by atoms with E-state index in [0.29, 0.717) is 11.3 Å². The van der Waals surface area contributed by atoms with Crippen LogP contribution in [0.3, 0.4) is 0 Å². The summed E-state index contributed by atoms with van der Waals surface area (Å²) in [6.45, 7) is 3.60. The first-order valence-corrected chi connectivity index (χ1v) is 6.29. The summed E-state index contributed by atoms with van der Waals surface area (Å²) >= 11 is 1.51. The Hall–Kier alpha value is -2.01. The Bertz CT molecular complexity index is 775. The van der Waals surface area contributed by atoms with Crippen molar-refractivity contribution < 1.29 is 4.42 Å². The highest BCUT2D eigenvalue weighted by Crippen LogP contribution is 2.35. The quantitative estimate of drug-likeness (QED) is 0.673. The van der Waals surface area contributed by atoms with Gasteiger partial charge in [0.15, 0.2) is 5.89 Å². The van der Waals surface area contributed by atoms with Gasteiger partial charge < -0.3 is 4.42 Å². The standard InChI is InChI=1S/C13H10N2O2S/c1-7-10-12(15-8(2)17-13(10)16)18-11(7)9-3-5-14-6-4-9/h3-6H,1-2H3. The van der Waals surface area contributed by atoms with Crippen molar-refractivity contribution in [1.82, 2.24) is 9.97 Å². The maximum absolute atomic E-state index is 11.9. The zero-order valence-electron chi connectivity index (χ0n) is 9.93. The van der Waals surface area contributed by atoms with Gasteiger partial charge in [0.25, 0.3) is 0 Å². The molecular formula is C13H10N2O2S. The molecule has 0 atom stereocenters. The summed E-state index contributed by atoms with van der Waals surface area (Å²) in [5.41, 5.74) is 1.65. The van der Waals surface area contributed by atoms with Gasteiger partial charge in [-0.15, -0.1) is 11.3 Å². The lowest BCUT2D eigenvalue weighted by atomic mass is 10.1. The van der Waals surface area contributed by atoms with Crippen molar-refractivity contribution in [1.29, 1.82) is 0 Å². The average Bonchev–Trinajstić information content (AvgIpc) is 2.67. The molecule has 0 bridgehead atoms. The van der Waals surface area contributed by atoms with Crippen LogP contribution < -0.4 is 5.63 Å². The lowest BCUT2D eigenvalue weighted by Crippen LogP contribution is -2.01. The second-order valence-electron chi connectivity index (χ2n) is 3.99. The SMILES string of the molecule is Cc1nc2sc(-c3ccncc3)c(C)c2c(=O)o1. The molecule has 0 aliphatic heterocycles. The van der Waals surface area contributed by atoms with Crippen LogP contribution in [0.25, 0.3) is 20.7 Å². The van der Waals surface area contributed by atoms with Crippen LogP contribution in [-0.2, 0) is 0 Å². The lowest BCUT2D eigenvalue weighted by Gasteiger charge is -1.97. The summed E-state index contributed by atoms with van der Waals surface area (Å²) < 4.78 is 5.05. The number of aryl methyl sites for hydroxylation is 2. The monoisotopic (exact) mass is 258 g/mol. The summed E-state index contributed by atoms with van der Waals surface area (Å²) in [6.07, 6.45) is 3.47. The van der Waals surface area contributed by atoms with Gasteiger partial charge in [-0.3, -0.25) is 4.98 Å². The van der Waals surface area contributed by atoms with Gasteiger partial charge in [0.05, 0.1) is 0 Å². The molecule has 0 saturated carbocycles. The van der Waals surface area contributed by atoms with E-state index in [9.17, 15) is 4.79 Å². The number of thiophene rings is 1. The first-order valence-electron chi connectivity index (χ1n) is 5.48. The first-order chi connectivity index (χ1) is 8.66. The number of nitrogens with zero attached hydrogens (tertiary/aromatic N) is 2. The third-order valence-electron chi connectivity index (χ3n) is 2.77. The minimum absolute atomic E-state index is 0.313. The lowest BCUT2D eigenvalue weighted by molar-refractivity contribution is 0.467. The second kappa shape index (κ2) is 4.03. The van der Waals surface area contributed by atoms with Crippen molar-refractivity contribution in [3.63, 3.8) is 0 Å². The molecule has 0 aliphatic carbocycles. The van der Waals surface area contributed by atoms with Crippen molar-refractivity contribution in [2.45, 2.75) is 13.8 Å². The number of hydrogen-bond acceptors (Lipinski definition) is 5. The predicted molar refractivity (Wildman–Crippen MR) is 70.9 cm³/mol. The molecule has 0 fully saturated rings. The van der Waals surface area contributed by atoms with Gasteiger partial charge in [-0.2, -0.15) is 0 Å². The Balaban J connectivity index is 2.37. The van der Waals surface area contributed by atoms with Gasteiger partial charge in [-0.05, 0) is 30.2 Å². The smallest absolute Gasteiger partial charge is 0.348 e. The van der Waals surface area contributed by atoms with Crippen LogP contribution in [-0.4, -0.2) is 9.97 Å². The van der Waals surface area contributed by atoms with E-state index >= 15 is 0 Å². The molecule has 0 saturated heterocycles. The van der Waals surface area contributed by atoms with Crippen LogP contribution in [0.5, 0.6) is 0 Å². The fourth-order valence-corrected chi connectivity index (χ4v) is 3.16. The number of fused-ring (bicyclic) bond motifs is 1. The van der Waals surface area contributed by atoms with E-state index < -0.39 is 0 Å². The molecule has 90 valence electrons. The minimum atomic E-state index is -0.313. The molecule has 0 spiro atoms. The summed E-state index contributed by atoms with van der Waals surface area (Å²) in [7, 11) is 0. The molecule has 0 aliphatic rings. The van der Waals surface area contributed by atoms with Crippen LogP contribution in [0.4, 0.5) is 0 Å². The number of aromatic nitrogens is 2. The van der Waals surface area contributed by atoms with Gasteiger partial charge >= 0.3 is 5.63 Å². The molecule has 3 aromatic heterocycles. The maximum atomic E-state index is 11.9. The maximum Gasteiger partial charge on any atom is 0.348 e. The largest absolute Gasteiger partial charge is 0.408 e. The molecule has 0 aromatic carbocycles. The van der Waals surface area contributed by atoms with Crippen molar-refractivity contribution >= 4 is 21.6 Å². The van der Waals surface area contributed by atoms with Crippen LogP contribution in [0, 0.1) is 13.8 Å². The number of hydrogen-bond donors (Lipinski definition) is 0. The Kier molecular flexibility index (Phi) is 2.48. The minimum Gasteiger partial charge on any atom is -0.408 e. The third kappa shape index (κ3) is 1.64. The molecule has 0 N–H and O–H groups in total. The Morgan fingerprint density at radius 2 is 1.94 bits per heavy atom. The highest BCUT2D eigenvalue weighted by molar-refractivity contribution is 7.22. The zero-order valence-corrected chi connectivity index (χ0v) is 10.7. The Labute approximate surface area is 107 Å². The molecule has 0 amide bonds. The van der Waals surface area contributed by atoms with Crippen LogP contribution in [0.2, 0.25) is 0 Å². The number of rotatable bonds is 1. The van der Waals surface area contributed by atoms with Crippen molar-refractivity contribution in [3.8, 4) is 10.4 Å². The third-order valence-corrected chi connectivity index (χ3v) is 4.01. The van der Waals surface area contributed by atoms with Gasteiger partial charge in [0.1, 0.15) is 10.2 Å². The van der Waals surface area contributed by atoms with E-state index in [4.69, 9.17) is 4.42 Å². The zero-order chi connectivity index (χ0) is 12.7. The average molecular weight is 258 g/mol. The molecule has 3 aromatic rings. The topological polar surface area (TPSA) is 56.0 Å². The molecular weight excluding hydrogens is 248 g/mol. The van der Waals surface area contributed by atoms with Crippen molar-refractivity contribution in [3.05, 3.63) is 46.4 Å². The van der Waals surface area contributed by atoms with E-state index in [1.165, 1.54) is 11.3 Å². The van der Waals surface area contributed by atoms with Gasteiger partial charge in [-0.1, -0.05) is 0 Å². The van der Waals surface area contributed by atoms with Crippen molar-refractivity contribution in [2.24, 2.45) is 0 Å². The second-order valence-corrected chi connectivity index (χ2v) is 4.99. The molecule has 5 heteroatoms. The Morgan fingerprint density at radius 1 is 1.22 bits per heavy atom. The van der Waals surface area contributed by atoms with Crippen molar-refractivity contribution in [2.75, 3.05) is 0 Å². The molecule has 18 heavy (non-hydrogen) atoms. The van der Waals surface area contributed by atoms with E-state index in [-0.39, 0.29) is 5.63 Å². The summed E-state index contributed by atoms with van der Waals surface area (Å²) in [6, 6.07) is 3.85. The molecule has 0 unspecified atom stereocenters. The van der Waals surface area contributed by atoms with Gasteiger partial charge in [0.2, 0.25) is 0 Å². The van der Waals surface area contributed by atoms with Gasteiger partial charge in [-0.25, -0.2) is 9.78 Å². The summed E-state index contributed by atoms with van der Waals surface area (Å²) in [5, 5.41) is 0.581. The summed E-state index contributed by atoms with van der Waals surface area (Å²) in [5.74, 6) is 0.398. The van der Waals surface area contributed by atoms with Gasteiger partial charge in [0, 0.05) is 24.2 Å². The highest BCUT2D eigenvalue weighted by Gasteiger charge is 2.15. The van der Waals surface area contributed by atoms with Crippen LogP contribution >= 0.6 is 11.3 Å².